The van der Waals surface area contributed by atoms with Crippen molar-refractivity contribution in [1.29, 1.82) is 0 Å². The Morgan fingerprint density at radius 2 is 2.21 bits per heavy atom. The highest BCUT2D eigenvalue weighted by molar-refractivity contribution is 7.80. The van der Waals surface area contributed by atoms with Gasteiger partial charge in [-0.25, -0.2) is 4.39 Å². The molecule has 3 nitrogen and oxygen atoms in total. The Kier molecular flexibility index (Phi) is 7.36. The second-order valence-electron chi connectivity index (χ2n) is 4.01. The first-order valence-corrected chi connectivity index (χ1v) is 6.98. The van der Waals surface area contributed by atoms with E-state index in [0.29, 0.717) is 11.7 Å². The monoisotopic (exact) mass is 284 g/mol. The molecule has 0 heterocycles. The van der Waals surface area contributed by atoms with Crippen molar-refractivity contribution < 1.29 is 9.13 Å². The molecule has 1 aromatic carbocycles. The van der Waals surface area contributed by atoms with Gasteiger partial charge in [0.05, 0.1) is 0 Å². The number of nitrogens with one attached hydrogen (secondary N) is 1. The SMILES string of the molecule is CCOCCCNC(=S)N(CC)c1cccc(F)c1. The van der Waals surface area contributed by atoms with E-state index in [-0.39, 0.29) is 5.82 Å². The summed E-state index contributed by atoms with van der Waals surface area (Å²) in [6.45, 7) is 6.86. The van der Waals surface area contributed by atoms with Crippen molar-refractivity contribution in [3.63, 3.8) is 0 Å². The third-order valence-corrected chi connectivity index (χ3v) is 2.99. The molecule has 0 aliphatic rings. The van der Waals surface area contributed by atoms with E-state index in [1.807, 2.05) is 24.8 Å². The fourth-order valence-electron chi connectivity index (χ4n) is 1.70. The molecular weight excluding hydrogens is 263 g/mol. The van der Waals surface area contributed by atoms with Gasteiger partial charge in [-0.3, -0.25) is 0 Å². The summed E-state index contributed by atoms with van der Waals surface area (Å²) in [5.41, 5.74) is 0.768. The van der Waals surface area contributed by atoms with Crippen LogP contribution in [-0.2, 0) is 4.74 Å². The summed E-state index contributed by atoms with van der Waals surface area (Å²) in [6, 6.07) is 6.44. The molecule has 106 valence electrons. The van der Waals surface area contributed by atoms with Crippen LogP contribution in [0.1, 0.15) is 20.3 Å². The number of nitrogens with zero attached hydrogens (tertiary/aromatic N) is 1. The zero-order valence-corrected chi connectivity index (χ0v) is 12.3. The third-order valence-electron chi connectivity index (χ3n) is 2.63. The van der Waals surface area contributed by atoms with Gasteiger partial charge in [-0.1, -0.05) is 6.07 Å². The lowest BCUT2D eigenvalue weighted by Crippen LogP contribution is -2.40. The maximum absolute atomic E-state index is 13.2. The Bertz CT molecular complexity index is 401. The van der Waals surface area contributed by atoms with Gasteiger partial charge in [0.25, 0.3) is 0 Å². The van der Waals surface area contributed by atoms with E-state index in [1.165, 1.54) is 12.1 Å². The number of rotatable bonds is 7. The molecule has 0 aliphatic carbocycles. The molecule has 0 aliphatic heterocycles. The van der Waals surface area contributed by atoms with Gasteiger partial charge in [0.15, 0.2) is 5.11 Å². The smallest absolute Gasteiger partial charge is 0.173 e. The van der Waals surface area contributed by atoms with Gasteiger partial charge in [-0.05, 0) is 50.7 Å². The molecule has 0 saturated carbocycles. The minimum Gasteiger partial charge on any atom is -0.382 e. The van der Waals surface area contributed by atoms with Crippen molar-refractivity contribution in [1.82, 2.24) is 5.32 Å². The van der Waals surface area contributed by atoms with E-state index < -0.39 is 0 Å². The average Bonchev–Trinajstić information content (AvgIpc) is 2.39. The lowest BCUT2D eigenvalue weighted by Gasteiger charge is -2.24. The van der Waals surface area contributed by atoms with Gasteiger partial charge in [0, 0.05) is 32.0 Å². The van der Waals surface area contributed by atoms with Crippen LogP contribution in [0.2, 0.25) is 0 Å². The highest BCUT2D eigenvalue weighted by Gasteiger charge is 2.09. The van der Waals surface area contributed by atoms with Crippen LogP contribution in [0.25, 0.3) is 0 Å². The predicted molar refractivity (Wildman–Crippen MR) is 81.1 cm³/mol. The normalized spacial score (nSPS) is 10.3. The van der Waals surface area contributed by atoms with Gasteiger partial charge in [0.1, 0.15) is 5.82 Å². The first-order chi connectivity index (χ1) is 9.19. The van der Waals surface area contributed by atoms with E-state index in [1.54, 1.807) is 6.07 Å². The summed E-state index contributed by atoms with van der Waals surface area (Å²) in [7, 11) is 0. The third kappa shape index (κ3) is 5.53. The molecule has 1 N–H and O–H groups in total. The molecule has 0 bridgehead atoms. The Morgan fingerprint density at radius 3 is 2.84 bits per heavy atom. The van der Waals surface area contributed by atoms with Gasteiger partial charge in [-0.2, -0.15) is 0 Å². The van der Waals surface area contributed by atoms with Crippen LogP contribution in [-0.4, -0.2) is 31.4 Å². The Morgan fingerprint density at radius 1 is 1.42 bits per heavy atom. The maximum Gasteiger partial charge on any atom is 0.173 e. The van der Waals surface area contributed by atoms with Crippen molar-refractivity contribution >= 4 is 23.0 Å². The summed E-state index contributed by atoms with van der Waals surface area (Å²) in [6.07, 6.45) is 0.898. The van der Waals surface area contributed by atoms with Crippen LogP contribution in [0.3, 0.4) is 0 Å². The van der Waals surface area contributed by atoms with E-state index in [0.717, 1.165) is 31.9 Å². The molecule has 1 aromatic rings. The number of halogens is 1. The highest BCUT2D eigenvalue weighted by Crippen LogP contribution is 2.15. The summed E-state index contributed by atoms with van der Waals surface area (Å²) in [5, 5.41) is 3.78. The standard InChI is InChI=1S/C14H21FN2OS/c1-3-17(13-8-5-7-12(15)11-13)14(19)16-9-6-10-18-4-2/h5,7-8,11H,3-4,6,9-10H2,1-2H3,(H,16,19). The van der Waals surface area contributed by atoms with Gasteiger partial charge in [0.2, 0.25) is 0 Å². The number of thiocarbonyl (C=S) groups is 1. The number of anilines is 1. The molecule has 0 amide bonds. The minimum absolute atomic E-state index is 0.255. The largest absolute Gasteiger partial charge is 0.382 e. The fraction of sp³-hybridized carbons (Fsp3) is 0.500. The van der Waals surface area contributed by atoms with Crippen molar-refractivity contribution in [3.05, 3.63) is 30.1 Å². The Balaban J connectivity index is 2.48. The Hall–Kier alpha value is -1.20. The molecule has 0 saturated heterocycles. The minimum atomic E-state index is -0.255. The molecular formula is C14H21FN2OS. The predicted octanol–water partition coefficient (Wildman–Crippen LogP) is 2.95. The summed E-state index contributed by atoms with van der Waals surface area (Å²) in [5.74, 6) is -0.255. The fourth-order valence-corrected chi connectivity index (χ4v) is 2.03. The van der Waals surface area contributed by atoms with Crippen molar-refractivity contribution in [3.8, 4) is 0 Å². The van der Waals surface area contributed by atoms with Crippen LogP contribution >= 0.6 is 12.2 Å². The first kappa shape index (κ1) is 15.9. The molecule has 19 heavy (non-hydrogen) atoms. The van der Waals surface area contributed by atoms with Crippen LogP contribution in [0, 0.1) is 5.82 Å². The quantitative estimate of drug-likeness (QED) is 0.614. The highest BCUT2D eigenvalue weighted by atomic mass is 32.1. The molecule has 0 aromatic heterocycles. The molecule has 0 unspecified atom stereocenters. The van der Waals surface area contributed by atoms with E-state index >= 15 is 0 Å². The first-order valence-electron chi connectivity index (χ1n) is 6.57. The summed E-state index contributed by atoms with van der Waals surface area (Å²) < 4.78 is 18.5. The van der Waals surface area contributed by atoms with Crippen molar-refractivity contribution in [2.24, 2.45) is 0 Å². The number of benzene rings is 1. The van der Waals surface area contributed by atoms with Crippen LogP contribution < -0.4 is 10.2 Å². The van der Waals surface area contributed by atoms with Crippen LogP contribution in [0.15, 0.2) is 24.3 Å². The molecule has 5 heteroatoms. The maximum atomic E-state index is 13.2. The van der Waals surface area contributed by atoms with E-state index in [4.69, 9.17) is 17.0 Å². The number of hydrogen-bond donors (Lipinski definition) is 1. The zero-order valence-electron chi connectivity index (χ0n) is 11.5. The molecule has 1 rings (SSSR count). The van der Waals surface area contributed by atoms with Crippen LogP contribution in [0.5, 0.6) is 0 Å². The molecule has 0 spiro atoms. The zero-order chi connectivity index (χ0) is 14.1. The molecule has 0 fully saturated rings. The number of ether oxygens (including phenoxy) is 1. The molecule has 0 atom stereocenters. The Labute approximate surface area is 119 Å². The lowest BCUT2D eigenvalue weighted by molar-refractivity contribution is 0.146. The van der Waals surface area contributed by atoms with Crippen LogP contribution in [0.4, 0.5) is 10.1 Å². The van der Waals surface area contributed by atoms with Crippen molar-refractivity contribution in [2.45, 2.75) is 20.3 Å². The lowest BCUT2D eigenvalue weighted by atomic mass is 10.3. The van der Waals surface area contributed by atoms with Crippen molar-refractivity contribution in [2.75, 3.05) is 31.2 Å². The van der Waals surface area contributed by atoms with E-state index in [2.05, 4.69) is 5.32 Å². The number of hydrogen-bond acceptors (Lipinski definition) is 2. The summed E-state index contributed by atoms with van der Waals surface area (Å²) >= 11 is 5.33. The van der Waals surface area contributed by atoms with E-state index in [9.17, 15) is 4.39 Å². The van der Waals surface area contributed by atoms with Gasteiger partial charge >= 0.3 is 0 Å². The van der Waals surface area contributed by atoms with Gasteiger partial charge < -0.3 is 15.0 Å². The molecule has 0 radical (unpaired) electrons. The van der Waals surface area contributed by atoms with Gasteiger partial charge in [-0.15, -0.1) is 0 Å². The summed E-state index contributed by atoms with van der Waals surface area (Å²) in [4.78, 5) is 1.87. The average molecular weight is 284 g/mol. The second-order valence-corrected chi connectivity index (χ2v) is 4.39. The second kappa shape index (κ2) is 8.82. The topological polar surface area (TPSA) is 24.5 Å².